The van der Waals surface area contributed by atoms with Crippen molar-refractivity contribution >= 4 is 11.6 Å². The minimum Gasteiger partial charge on any atom is -0.315 e. The van der Waals surface area contributed by atoms with Crippen LogP contribution in [0.4, 0.5) is 0 Å². The van der Waals surface area contributed by atoms with Gasteiger partial charge in [-0.05, 0) is 37.6 Å². The van der Waals surface area contributed by atoms with Gasteiger partial charge in [-0.25, -0.2) is 0 Å². The van der Waals surface area contributed by atoms with Gasteiger partial charge in [0.2, 0.25) is 0 Å². The third-order valence-electron chi connectivity index (χ3n) is 3.52. The number of hydrogen-bond donors (Lipinski definition) is 1. The van der Waals surface area contributed by atoms with Crippen LogP contribution in [0.3, 0.4) is 0 Å². The minimum atomic E-state index is 0.657. The molecular weight excluding hydrogens is 232 g/mol. The highest BCUT2D eigenvalue weighted by Gasteiger charge is 2.20. The number of halogens is 1. The Morgan fingerprint density at radius 3 is 2.88 bits per heavy atom. The van der Waals surface area contributed by atoms with Crippen molar-refractivity contribution in [3.8, 4) is 0 Å². The first-order valence-electron chi connectivity index (χ1n) is 6.49. The smallest absolute Gasteiger partial charge is 0.0451 e. The summed E-state index contributed by atoms with van der Waals surface area (Å²) in [7, 11) is 0. The summed E-state index contributed by atoms with van der Waals surface area (Å²) < 4.78 is 0. The highest BCUT2D eigenvalue weighted by Crippen LogP contribution is 2.19. The van der Waals surface area contributed by atoms with Crippen molar-refractivity contribution in [1.82, 2.24) is 10.2 Å². The van der Waals surface area contributed by atoms with E-state index in [-0.39, 0.29) is 0 Å². The van der Waals surface area contributed by atoms with E-state index in [4.69, 9.17) is 11.6 Å². The summed E-state index contributed by atoms with van der Waals surface area (Å²) in [6.45, 7) is 6.55. The molecular formula is C14H21ClN2. The van der Waals surface area contributed by atoms with Crippen LogP contribution in [-0.4, -0.2) is 30.6 Å². The molecule has 2 rings (SSSR count). The Kier molecular flexibility index (Phi) is 4.84. The van der Waals surface area contributed by atoms with E-state index in [0.717, 1.165) is 24.7 Å². The van der Waals surface area contributed by atoms with Gasteiger partial charge in [-0.15, -0.1) is 0 Å². The van der Waals surface area contributed by atoms with E-state index >= 15 is 0 Å². The summed E-state index contributed by atoms with van der Waals surface area (Å²) in [5, 5.41) is 4.36. The van der Waals surface area contributed by atoms with Gasteiger partial charge in [-0.1, -0.05) is 36.7 Å². The topological polar surface area (TPSA) is 15.3 Å². The predicted molar refractivity (Wildman–Crippen MR) is 73.4 cm³/mol. The van der Waals surface area contributed by atoms with Crippen LogP contribution in [0.5, 0.6) is 0 Å². The highest BCUT2D eigenvalue weighted by atomic mass is 35.5. The zero-order chi connectivity index (χ0) is 12.1. The van der Waals surface area contributed by atoms with Crippen molar-refractivity contribution in [2.75, 3.05) is 19.6 Å². The number of rotatable bonds is 4. The average Bonchev–Trinajstić information content (AvgIpc) is 2.39. The lowest BCUT2D eigenvalue weighted by molar-refractivity contribution is 0.166. The van der Waals surface area contributed by atoms with Gasteiger partial charge >= 0.3 is 0 Å². The maximum Gasteiger partial charge on any atom is 0.0451 e. The lowest BCUT2D eigenvalue weighted by Gasteiger charge is -2.34. The Morgan fingerprint density at radius 1 is 1.41 bits per heavy atom. The second kappa shape index (κ2) is 6.39. The molecule has 1 fully saturated rings. The van der Waals surface area contributed by atoms with Crippen LogP contribution in [-0.2, 0) is 6.54 Å². The van der Waals surface area contributed by atoms with Crippen molar-refractivity contribution in [3.63, 3.8) is 0 Å². The van der Waals surface area contributed by atoms with Crippen molar-refractivity contribution < 1.29 is 0 Å². The third-order valence-corrected chi connectivity index (χ3v) is 3.89. The minimum absolute atomic E-state index is 0.657. The van der Waals surface area contributed by atoms with E-state index in [1.807, 2.05) is 12.1 Å². The number of nitrogens with zero attached hydrogens (tertiary/aromatic N) is 1. The highest BCUT2D eigenvalue weighted by molar-refractivity contribution is 6.31. The molecule has 0 aromatic heterocycles. The molecule has 0 saturated carbocycles. The normalized spacial score (nSPS) is 20.8. The lowest BCUT2D eigenvalue weighted by atomic mass is 10.0. The second-order valence-corrected chi connectivity index (χ2v) is 5.06. The van der Waals surface area contributed by atoms with Gasteiger partial charge in [0, 0.05) is 24.2 Å². The second-order valence-electron chi connectivity index (χ2n) is 4.65. The van der Waals surface area contributed by atoms with E-state index in [9.17, 15) is 0 Å². The molecule has 3 heteroatoms. The van der Waals surface area contributed by atoms with Crippen LogP contribution < -0.4 is 5.32 Å². The number of benzene rings is 1. The number of likely N-dealkylation sites (N-methyl/N-ethyl adjacent to an activating group) is 1. The fourth-order valence-electron chi connectivity index (χ4n) is 2.49. The van der Waals surface area contributed by atoms with Crippen LogP contribution in [0.15, 0.2) is 24.3 Å². The fraction of sp³-hybridized carbons (Fsp3) is 0.571. The fourth-order valence-corrected chi connectivity index (χ4v) is 2.69. The first kappa shape index (κ1) is 12.9. The van der Waals surface area contributed by atoms with Crippen molar-refractivity contribution in [1.29, 1.82) is 0 Å². The molecule has 1 aliphatic heterocycles. The molecule has 1 heterocycles. The molecule has 1 aliphatic rings. The van der Waals surface area contributed by atoms with Gasteiger partial charge in [-0.2, -0.15) is 0 Å². The molecule has 0 amide bonds. The number of piperidine rings is 1. The molecule has 94 valence electrons. The Labute approximate surface area is 109 Å². The molecule has 0 bridgehead atoms. The summed E-state index contributed by atoms with van der Waals surface area (Å²) in [6, 6.07) is 8.81. The summed E-state index contributed by atoms with van der Waals surface area (Å²) >= 11 is 6.22. The van der Waals surface area contributed by atoms with E-state index in [0.29, 0.717) is 6.04 Å². The van der Waals surface area contributed by atoms with Crippen molar-refractivity contribution in [3.05, 3.63) is 34.9 Å². The van der Waals surface area contributed by atoms with Gasteiger partial charge in [0.15, 0.2) is 0 Å². The van der Waals surface area contributed by atoms with E-state index in [1.54, 1.807) is 0 Å². The largest absolute Gasteiger partial charge is 0.315 e. The van der Waals surface area contributed by atoms with Crippen LogP contribution in [0, 0.1) is 0 Å². The van der Waals surface area contributed by atoms with Gasteiger partial charge in [-0.3, -0.25) is 4.90 Å². The standard InChI is InChI=1S/C14H21ClN2/c1-2-17(13-7-5-9-16-10-13)11-12-6-3-4-8-14(12)15/h3-4,6,8,13,16H,2,5,7,9-11H2,1H3. The molecule has 0 spiro atoms. The number of nitrogens with one attached hydrogen (secondary N) is 1. The zero-order valence-corrected chi connectivity index (χ0v) is 11.2. The van der Waals surface area contributed by atoms with Crippen LogP contribution in [0.25, 0.3) is 0 Å². The van der Waals surface area contributed by atoms with Crippen molar-refractivity contribution in [2.24, 2.45) is 0 Å². The first-order chi connectivity index (χ1) is 8.31. The average molecular weight is 253 g/mol. The quantitative estimate of drug-likeness (QED) is 0.887. The maximum atomic E-state index is 6.22. The van der Waals surface area contributed by atoms with E-state index in [1.165, 1.54) is 24.9 Å². The van der Waals surface area contributed by atoms with Gasteiger partial charge in [0.25, 0.3) is 0 Å². The third kappa shape index (κ3) is 3.44. The summed E-state index contributed by atoms with van der Waals surface area (Å²) in [5.74, 6) is 0. The number of hydrogen-bond acceptors (Lipinski definition) is 2. The molecule has 1 saturated heterocycles. The molecule has 1 atom stereocenters. The molecule has 1 aromatic carbocycles. The Balaban J connectivity index is 2.01. The Hall–Kier alpha value is -0.570. The summed E-state index contributed by atoms with van der Waals surface area (Å²) in [4.78, 5) is 2.52. The maximum absolute atomic E-state index is 6.22. The Bertz CT molecular complexity index is 348. The molecule has 0 aliphatic carbocycles. The molecule has 0 radical (unpaired) electrons. The van der Waals surface area contributed by atoms with Crippen LogP contribution in [0.1, 0.15) is 25.3 Å². The molecule has 17 heavy (non-hydrogen) atoms. The first-order valence-corrected chi connectivity index (χ1v) is 6.87. The molecule has 1 N–H and O–H groups in total. The van der Waals surface area contributed by atoms with Gasteiger partial charge in [0.05, 0.1) is 0 Å². The Morgan fingerprint density at radius 2 is 2.24 bits per heavy atom. The molecule has 2 nitrogen and oxygen atoms in total. The molecule has 1 unspecified atom stereocenters. The predicted octanol–water partition coefficient (Wildman–Crippen LogP) is 2.91. The van der Waals surface area contributed by atoms with E-state index in [2.05, 4.69) is 29.3 Å². The summed E-state index contributed by atoms with van der Waals surface area (Å²) in [6.07, 6.45) is 2.58. The summed E-state index contributed by atoms with van der Waals surface area (Å²) in [5.41, 5.74) is 1.24. The van der Waals surface area contributed by atoms with Crippen LogP contribution in [0.2, 0.25) is 5.02 Å². The van der Waals surface area contributed by atoms with Crippen molar-refractivity contribution in [2.45, 2.75) is 32.4 Å². The van der Waals surface area contributed by atoms with Gasteiger partial charge < -0.3 is 5.32 Å². The molecule has 1 aromatic rings. The van der Waals surface area contributed by atoms with Crippen LogP contribution >= 0.6 is 11.6 Å². The zero-order valence-electron chi connectivity index (χ0n) is 10.5. The lowest BCUT2D eigenvalue weighted by Crippen LogP contribution is -2.45. The van der Waals surface area contributed by atoms with E-state index < -0.39 is 0 Å². The van der Waals surface area contributed by atoms with Gasteiger partial charge in [0.1, 0.15) is 0 Å². The SMILES string of the molecule is CCN(Cc1ccccc1Cl)C1CCCNC1. The monoisotopic (exact) mass is 252 g/mol.